The van der Waals surface area contributed by atoms with Crippen LogP contribution in [0.15, 0.2) is 4.99 Å². The lowest BCUT2D eigenvalue weighted by atomic mass is 10.2. The van der Waals surface area contributed by atoms with Crippen LogP contribution in [0.1, 0.15) is 33.6 Å². The number of aliphatic imine (C=N–C) groups is 1. The van der Waals surface area contributed by atoms with E-state index in [4.69, 9.17) is 0 Å². The summed E-state index contributed by atoms with van der Waals surface area (Å²) in [5.74, 6) is 1.88. The van der Waals surface area contributed by atoms with E-state index in [1.54, 1.807) is 11.8 Å². The summed E-state index contributed by atoms with van der Waals surface area (Å²) in [6.07, 6.45) is 3.49. The molecule has 0 aromatic rings. The molecule has 0 spiro atoms. The third-order valence-electron chi connectivity index (χ3n) is 2.57. The van der Waals surface area contributed by atoms with Crippen LogP contribution in [0.2, 0.25) is 0 Å². The quantitative estimate of drug-likeness (QED) is 0.232. The lowest BCUT2D eigenvalue weighted by molar-refractivity contribution is -0.121. The Morgan fingerprint density at radius 1 is 1.30 bits per heavy atom. The van der Waals surface area contributed by atoms with Crippen LogP contribution < -0.4 is 16.0 Å². The molecule has 1 unspecified atom stereocenters. The molecule has 0 saturated heterocycles. The van der Waals surface area contributed by atoms with Gasteiger partial charge in [-0.1, -0.05) is 6.92 Å². The molecule has 0 aromatic heterocycles. The minimum atomic E-state index is 0. The van der Waals surface area contributed by atoms with Gasteiger partial charge in [0.25, 0.3) is 0 Å². The fourth-order valence-corrected chi connectivity index (χ4v) is 1.61. The van der Waals surface area contributed by atoms with Gasteiger partial charge in [-0.25, -0.2) is 0 Å². The van der Waals surface area contributed by atoms with Gasteiger partial charge < -0.3 is 16.0 Å². The van der Waals surface area contributed by atoms with Gasteiger partial charge in [-0.3, -0.25) is 9.79 Å². The topological polar surface area (TPSA) is 65.5 Å². The SMILES string of the molecule is CCNC(=NCCSC)NCCC(=O)NC(C)CC.I. The maximum absolute atomic E-state index is 11.6. The van der Waals surface area contributed by atoms with Crippen LogP contribution in [0.25, 0.3) is 0 Å². The van der Waals surface area contributed by atoms with Crippen LogP contribution in [-0.2, 0) is 4.79 Å². The van der Waals surface area contributed by atoms with Crippen molar-refractivity contribution in [3.8, 4) is 0 Å². The average molecular weight is 416 g/mol. The second kappa shape index (κ2) is 15.2. The second-order valence-corrected chi connectivity index (χ2v) is 5.29. The summed E-state index contributed by atoms with van der Waals surface area (Å²) >= 11 is 1.77. The number of rotatable bonds is 9. The van der Waals surface area contributed by atoms with Crippen molar-refractivity contribution in [2.75, 3.05) is 31.6 Å². The number of hydrogen-bond acceptors (Lipinski definition) is 3. The van der Waals surface area contributed by atoms with Crippen LogP contribution in [-0.4, -0.2) is 49.6 Å². The second-order valence-electron chi connectivity index (χ2n) is 4.31. The van der Waals surface area contributed by atoms with Gasteiger partial charge in [-0.05, 0) is 26.5 Å². The van der Waals surface area contributed by atoms with Crippen LogP contribution in [0.4, 0.5) is 0 Å². The first-order valence-corrected chi connectivity index (χ1v) is 8.33. The van der Waals surface area contributed by atoms with E-state index in [1.807, 2.05) is 13.8 Å². The highest BCUT2D eigenvalue weighted by Crippen LogP contribution is 1.91. The molecule has 7 heteroatoms. The molecule has 120 valence electrons. The third-order valence-corrected chi connectivity index (χ3v) is 3.16. The third kappa shape index (κ3) is 12.8. The average Bonchev–Trinajstić information content (AvgIpc) is 2.38. The summed E-state index contributed by atoms with van der Waals surface area (Å²) in [5, 5.41) is 9.28. The highest BCUT2D eigenvalue weighted by molar-refractivity contribution is 14.0. The van der Waals surface area contributed by atoms with E-state index in [-0.39, 0.29) is 35.9 Å². The van der Waals surface area contributed by atoms with E-state index in [1.165, 1.54) is 0 Å². The van der Waals surface area contributed by atoms with Crippen molar-refractivity contribution in [3.63, 3.8) is 0 Å². The van der Waals surface area contributed by atoms with E-state index < -0.39 is 0 Å². The molecule has 1 amide bonds. The van der Waals surface area contributed by atoms with Gasteiger partial charge in [-0.15, -0.1) is 24.0 Å². The molecule has 0 rings (SSSR count). The largest absolute Gasteiger partial charge is 0.357 e. The van der Waals surface area contributed by atoms with Crippen molar-refractivity contribution >= 4 is 47.6 Å². The number of nitrogens with one attached hydrogen (secondary N) is 3. The normalized spacial score (nSPS) is 12.3. The molecule has 5 nitrogen and oxygen atoms in total. The van der Waals surface area contributed by atoms with Gasteiger partial charge in [-0.2, -0.15) is 11.8 Å². The van der Waals surface area contributed by atoms with Crippen molar-refractivity contribution in [1.82, 2.24) is 16.0 Å². The van der Waals surface area contributed by atoms with Gasteiger partial charge in [0.1, 0.15) is 0 Å². The molecule has 1 atom stereocenters. The molecule has 0 bridgehead atoms. The predicted octanol–water partition coefficient (Wildman–Crippen LogP) is 1.83. The van der Waals surface area contributed by atoms with Gasteiger partial charge >= 0.3 is 0 Å². The lowest BCUT2D eigenvalue weighted by Gasteiger charge is -2.13. The Bertz CT molecular complexity index is 277. The van der Waals surface area contributed by atoms with Gasteiger partial charge in [0.15, 0.2) is 5.96 Å². The highest BCUT2D eigenvalue weighted by atomic mass is 127. The Morgan fingerprint density at radius 3 is 2.55 bits per heavy atom. The molecule has 0 aliphatic rings. The Morgan fingerprint density at radius 2 is 2.00 bits per heavy atom. The maximum Gasteiger partial charge on any atom is 0.221 e. The lowest BCUT2D eigenvalue weighted by Crippen LogP contribution is -2.40. The van der Waals surface area contributed by atoms with Crippen LogP contribution in [0.3, 0.4) is 0 Å². The van der Waals surface area contributed by atoms with Crippen molar-refractivity contribution in [1.29, 1.82) is 0 Å². The standard InChI is InChI=1S/C13H28N4OS.HI/c1-5-11(3)17-12(18)7-8-15-13(14-6-2)16-9-10-19-4;/h11H,5-10H2,1-4H3,(H,17,18)(H2,14,15,16);1H. The van der Waals surface area contributed by atoms with Crippen molar-refractivity contribution < 1.29 is 4.79 Å². The molecule has 0 aromatic carbocycles. The molecule has 0 aliphatic carbocycles. The number of nitrogens with zero attached hydrogens (tertiary/aromatic N) is 1. The van der Waals surface area contributed by atoms with E-state index in [9.17, 15) is 4.79 Å². The number of carbonyl (C=O) groups excluding carboxylic acids is 1. The Kier molecular flexibility index (Phi) is 16.8. The first-order chi connectivity index (χ1) is 9.13. The summed E-state index contributed by atoms with van der Waals surface area (Å²) in [6.45, 7) is 8.32. The molecule has 20 heavy (non-hydrogen) atoms. The zero-order chi connectivity index (χ0) is 14.5. The van der Waals surface area contributed by atoms with Crippen molar-refractivity contribution in [2.45, 2.75) is 39.7 Å². The van der Waals surface area contributed by atoms with Crippen LogP contribution >= 0.6 is 35.7 Å². The molecule has 0 aliphatic heterocycles. The Balaban J connectivity index is 0. The number of amides is 1. The van der Waals surface area contributed by atoms with Gasteiger partial charge in [0.05, 0.1) is 6.54 Å². The molecule has 0 fully saturated rings. The Hall–Kier alpha value is -0.180. The number of carbonyl (C=O) groups is 1. The zero-order valence-electron chi connectivity index (χ0n) is 13.0. The zero-order valence-corrected chi connectivity index (χ0v) is 16.1. The van der Waals surface area contributed by atoms with Crippen LogP contribution in [0.5, 0.6) is 0 Å². The van der Waals surface area contributed by atoms with E-state index in [2.05, 4.69) is 34.1 Å². The first kappa shape index (κ1) is 22.1. The van der Waals surface area contributed by atoms with E-state index >= 15 is 0 Å². The summed E-state index contributed by atoms with van der Waals surface area (Å²) in [7, 11) is 0. The molecule has 0 radical (unpaired) electrons. The number of halogens is 1. The monoisotopic (exact) mass is 416 g/mol. The molecule has 0 heterocycles. The summed E-state index contributed by atoms with van der Waals surface area (Å²) in [5.41, 5.74) is 0. The minimum absolute atomic E-state index is 0. The van der Waals surface area contributed by atoms with E-state index in [0.717, 1.165) is 31.2 Å². The van der Waals surface area contributed by atoms with Crippen molar-refractivity contribution in [3.05, 3.63) is 0 Å². The smallest absolute Gasteiger partial charge is 0.221 e. The summed E-state index contributed by atoms with van der Waals surface area (Å²) < 4.78 is 0. The van der Waals surface area contributed by atoms with E-state index in [0.29, 0.717) is 13.0 Å². The fourth-order valence-electron chi connectivity index (χ4n) is 1.33. The van der Waals surface area contributed by atoms with Crippen LogP contribution in [0, 0.1) is 0 Å². The summed E-state index contributed by atoms with van der Waals surface area (Å²) in [4.78, 5) is 16.0. The maximum atomic E-state index is 11.6. The summed E-state index contributed by atoms with van der Waals surface area (Å²) in [6, 6.07) is 0.246. The van der Waals surface area contributed by atoms with Gasteiger partial charge in [0, 0.05) is 31.3 Å². The first-order valence-electron chi connectivity index (χ1n) is 6.94. The fraction of sp³-hybridized carbons (Fsp3) is 0.846. The Labute approximate surface area is 144 Å². The molecular formula is C13H29IN4OS. The predicted molar refractivity (Wildman–Crippen MR) is 100 cm³/mol. The van der Waals surface area contributed by atoms with Gasteiger partial charge in [0.2, 0.25) is 5.91 Å². The number of thioether (sulfide) groups is 1. The number of hydrogen-bond donors (Lipinski definition) is 3. The minimum Gasteiger partial charge on any atom is -0.357 e. The number of guanidine groups is 1. The molecular weight excluding hydrogens is 387 g/mol. The molecule has 3 N–H and O–H groups in total. The highest BCUT2D eigenvalue weighted by Gasteiger charge is 2.05. The van der Waals surface area contributed by atoms with Crippen molar-refractivity contribution in [2.24, 2.45) is 4.99 Å². The molecule has 0 saturated carbocycles.